The van der Waals surface area contributed by atoms with Gasteiger partial charge in [0.25, 0.3) is 0 Å². The molecular formula is C14H21N3O3. The lowest BCUT2D eigenvalue weighted by molar-refractivity contribution is -0.117. The van der Waals surface area contributed by atoms with Gasteiger partial charge in [0, 0.05) is 11.4 Å². The fourth-order valence-electron chi connectivity index (χ4n) is 1.66. The summed E-state index contributed by atoms with van der Waals surface area (Å²) in [5.74, 6) is -0.0534. The van der Waals surface area contributed by atoms with Crippen LogP contribution in [0.2, 0.25) is 0 Å². The van der Waals surface area contributed by atoms with Crippen LogP contribution in [-0.2, 0) is 9.53 Å². The Balaban J connectivity index is 2.52. The fraction of sp³-hybridized carbons (Fsp3) is 0.429. The van der Waals surface area contributed by atoms with Crippen molar-refractivity contribution in [3.05, 3.63) is 24.3 Å². The predicted octanol–water partition coefficient (Wildman–Crippen LogP) is 2.15. The Labute approximate surface area is 119 Å². The summed E-state index contributed by atoms with van der Waals surface area (Å²) in [4.78, 5) is 24.9. The molecule has 0 bridgehead atoms. The minimum absolute atomic E-state index is 0.0534. The molecule has 0 saturated heterocycles. The topological polar surface area (TPSA) is 70.7 Å². The molecule has 0 spiro atoms. The normalized spacial score (nSPS) is 10.2. The highest BCUT2D eigenvalue weighted by molar-refractivity contribution is 5.92. The minimum atomic E-state index is -0.525. The number of amides is 2. The second-order valence-corrected chi connectivity index (χ2v) is 4.20. The molecule has 0 aromatic heterocycles. The van der Waals surface area contributed by atoms with Crippen molar-refractivity contribution in [2.45, 2.75) is 13.8 Å². The lowest BCUT2D eigenvalue weighted by atomic mass is 10.3. The van der Waals surface area contributed by atoms with Gasteiger partial charge < -0.3 is 10.1 Å². The van der Waals surface area contributed by atoms with Crippen molar-refractivity contribution in [1.82, 2.24) is 4.90 Å². The van der Waals surface area contributed by atoms with Gasteiger partial charge in [-0.2, -0.15) is 0 Å². The van der Waals surface area contributed by atoms with E-state index in [1.807, 2.05) is 18.7 Å². The molecule has 0 saturated carbocycles. The number of benzene rings is 1. The second kappa shape index (κ2) is 8.16. The van der Waals surface area contributed by atoms with Crippen LogP contribution in [0.15, 0.2) is 24.3 Å². The highest BCUT2D eigenvalue weighted by atomic mass is 16.5. The average molecular weight is 279 g/mol. The third-order valence-electron chi connectivity index (χ3n) is 2.86. The molecule has 6 heteroatoms. The van der Waals surface area contributed by atoms with Crippen molar-refractivity contribution in [2.75, 3.05) is 37.4 Å². The van der Waals surface area contributed by atoms with Crippen LogP contribution >= 0.6 is 0 Å². The maximum Gasteiger partial charge on any atom is 0.411 e. The van der Waals surface area contributed by atoms with Gasteiger partial charge in [0.15, 0.2) is 0 Å². The molecule has 0 atom stereocenters. The van der Waals surface area contributed by atoms with Gasteiger partial charge in [0.2, 0.25) is 5.91 Å². The van der Waals surface area contributed by atoms with Crippen molar-refractivity contribution < 1.29 is 14.3 Å². The maximum absolute atomic E-state index is 11.8. The molecule has 20 heavy (non-hydrogen) atoms. The maximum atomic E-state index is 11.8. The highest BCUT2D eigenvalue weighted by Gasteiger charge is 2.07. The molecule has 0 heterocycles. The Morgan fingerprint density at radius 1 is 1.05 bits per heavy atom. The summed E-state index contributed by atoms with van der Waals surface area (Å²) in [5.41, 5.74) is 1.30. The van der Waals surface area contributed by atoms with Gasteiger partial charge >= 0.3 is 6.09 Å². The number of hydrogen-bond donors (Lipinski definition) is 2. The lowest BCUT2D eigenvalue weighted by Crippen LogP contribution is -2.32. The highest BCUT2D eigenvalue weighted by Crippen LogP contribution is 2.13. The van der Waals surface area contributed by atoms with E-state index in [2.05, 4.69) is 15.4 Å². The predicted molar refractivity (Wildman–Crippen MR) is 78.9 cm³/mol. The number of nitrogens with zero attached hydrogens (tertiary/aromatic N) is 1. The van der Waals surface area contributed by atoms with Crippen molar-refractivity contribution >= 4 is 23.4 Å². The number of carbonyl (C=O) groups is 2. The number of likely N-dealkylation sites (N-methyl/N-ethyl adjacent to an activating group) is 1. The first kappa shape index (κ1) is 16.0. The van der Waals surface area contributed by atoms with Gasteiger partial charge in [0.05, 0.1) is 13.7 Å². The first-order valence-electron chi connectivity index (χ1n) is 6.56. The summed E-state index contributed by atoms with van der Waals surface area (Å²) in [6, 6.07) is 6.85. The summed E-state index contributed by atoms with van der Waals surface area (Å²) in [6.07, 6.45) is -0.525. The molecule has 2 amide bonds. The van der Waals surface area contributed by atoms with Crippen LogP contribution in [-0.4, -0.2) is 43.6 Å². The Morgan fingerprint density at radius 2 is 1.55 bits per heavy atom. The van der Waals surface area contributed by atoms with E-state index in [1.54, 1.807) is 24.3 Å². The van der Waals surface area contributed by atoms with Crippen molar-refractivity contribution in [1.29, 1.82) is 0 Å². The molecule has 110 valence electrons. The Bertz CT molecular complexity index is 441. The molecular weight excluding hydrogens is 258 g/mol. The summed E-state index contributed by atoms with van der Waals surface area (Å²) in [7, 11) is 1.30. The minimum Gasteiger partial charge on any atom is -0.453 e. The zero-order chi connectivity index (χ0) is 15.0. The Hall–Kier alpha value is -2.08. The monoisotopic (exact) mass is 279 g/mol. The summed E-state index contributed by atoms with van der Waals surface area (Å²) in [5, 5.41) is 5.35. The smallest absolute Gasteiger partial charge is 0.411 e. The molecule has 0 aliphatic carbocycles. The van der Waals surface area contributed by atoms with Crippen LogP contribution in [0.5, 0.6) is 0 Å². The van der Waals surface area contributed by atoms with Gasteiger partial charge in [-0.3, -0.25) is 15.0 Å². The zero-order valence-corrected chi connectivity index (χ0v) is 12.1. The second-order valence-electron chi connectivity index (χ2n) is 4.20. The molecule has 0 fully saturated rings. The van der Waals surface area contributed by atoms with Crippen LogP contribution in [0.3, 0.4) is 0 Å². The van der Waals surface area contributed by atoms with Gasteiger partial charge in [-0.15, -0.1) is 0 Å². The number of rotatable bonds is 6. The zero-order valence-electron chi connectivity index (χ0n) is 12.1. The molecule has 0 radical (unpaired) electrons. The molecule has 1 rings (SSSR count). The van der Waals surface area contributed by atoms with E-state index in [4.69, 9.17) is 0 Å². The van der Waals surface area contributed by atoms with Crippen molar-refractivity contribution in [3.63, 3.8) is 0 Å². The number of ether oxygens (including phenoxy) is 1. The van der Waals surface area contributed by atoms with Gasteiger partial charge in [0.1, 0.15) is 0 Å². The van der Waals surface area contributed by atoms with E-state index >= 15 is 0 Å². The standard InChI is InChI=1S/C14H21N3O3/c1-4-17(5-2)10-13(18)15-11-6-8-12(9-7-11)16-14(19)20-3/h6-9H,4-5,10H2,1-3H3,(H,15,18)(H,16,19). The Kier molecular flexibility index (Phi) is 6.52. The van der Waals surface area contributed by atoms with Crippen molar-refractivity contribution in [2.24, 2.45) is 0 Å². The van der Waals surface area contributed by atoms with E-state index in [0.29, 0.717) is 17.9 Å². The summed E-state index contributed by atoms with van der Waals surface area (Å²) in [6.45, 7) is 6.08. The molecule has 1 aromatic carbocycles. The number of carbonyl (C=O) groups excluding carboxylic acids is 2. The van der Waals surface area contributed by atoms with Crippen LogP contribution in [0.1, 0.15) is 13.8 Å². The molecule has 1 aromatic rings. The quantitative estimate of drug-likeness (QED) is 0.837. The van der Waals surface area contributed by atoms with Crippen LogP contribution in [0.4, 0.5) is 16.2 Å². The molecule has 0 aliphatic heterocycles. The molecule has 0 aliphatic rings. The summed E-state index contributed by atoms with van der Waals surface area (Å²) >= 11 is 0. The van der Waals surface area contributed by atoms with E-state index in [0.717, 1.165) is 13.1 Å². The number of methoxy groups -OCH3 is 1. The third kappa shape index (κ3) is 5.27. The van der Waals surface area contributed by atoms with E-state index in [-0.39, 0.29) is 5.91 Å². The van der Waals surface area contributed by atoms with Crippen LogP contribution < -0.4 is 10.6 Å². The first-order chi connectivity index (χ1) is 9.58. The van der Waals surface area contributed by atoms with Gasteiger partial charge in [-0.1, -0.05) is 13.8 Å². The van der Waals surface area contributed by atoms with E-state index < -0.39 is 6.09 Å². The number of anilines is 2. The summed E-state index contributed by atoms with van der Waals surface area (Å²) < 4.78 is 4.49. The Morgan fingerprint density at radius 3 is 2.00 bits per heavy atom. The molecule has 0 unspecified atom stereocenters. The van der Waals surface area contributed by atoms with Gasteiger partial charge in [-0.05, 0) is 37.4 Å². The number of hydrogen-bond acceptors (Lipinski definition) is 4. The number of nitrogens with one attached hydrogen (secondary N) is 2. The van der Waals surface area contributed by atoms with Crippen LogP contribution in [0, 0.1) is 0 Å². The van der Waals surface area contributed by atoms with Gasteiger partial charge in [-0.25, -0.2) is 4.79 Å². The van der Waals surface area contributed by atoms with E-state index in [9.17, 15) is 9.59 Å². The molecule has 2 N–H and O–H groups in total. The largest absolute Gasteiger partial charge is 0.453 e. The van der Waals surface area contributed by atoms with Crippen molar-refractivity contribution in [3.8, 4) is 0 Å². The van der Waals surface area contributed by atoms with E-state index in [1.165, 1.54) is 7.11 Å². The third-order valence-corrected chi connectivity index (χ3v) is 2.86. The lowest BCUT2D eigenvalue weighted by Gasteiger charge is -2.17. The molecule has 6 nitrogen and oxygen atoms in total. The first-order valence-corrected chi connectivity index (χ1v) is 6.56. The van der Waals surface area contributed by atoms with Crippen LogP contribution in [0.25, 0.3) is 0 Å². The SMILES string of the molecule is CCN(CC)CC(=O)Nc1ccc(NC(=O)OC)cc1. The average Bonchev–Trinajstić information content (AvgIpc) is 2.46. The fourth-order valence-corrected chi connectivity index (χ4v) is 1.66.